The van der Waals surface area contributed by atoms with Crippen LogP contribution in [0, 0.1) is 11.8 Å². The number of carbonyl (C=O) groups is 2. The molecular formula is C27H39N3O4. The van der Waals surface area contributed by atoms with Crippen LogP contribution in [-0.4, -0.2) is 53.6 Å². The summed E-state index contributed by atoms with van der Waals surface area (Å²) in [6, 6.07) is 5.73. The smallest absolute Gasteiger partial charge is 0.271 e. The quantitative estimate of drug-likeness (QED) is 0.643. The van der Waals surface area contributed by atoms with Gasteiger partial charge in [0.1, 0.15) is 22.7 Å². The van der Waals surface area contributed by atoms with E-state index in [0.717, 1.165) is 36.6 Å². The molecule has 1 saturated carbocycles. The zero-order valence-corrected chi connectivity index (χ0v) is 21.4. The number of aromatic nitrogens is 1. The topological polar surface area (TPSA) is 72.8 Å². The molecule has 2 heterocycles. The van der Waals surface area contributed by atoms with Crippen molar-refractivity contribution in [2.24, 2.45) is 11.8 Å². The molecule has 3 atom stereocenters. The molecule has 1 aliphatic carbocycles. The predicted molar refractivity (Wildman–Crippen MR) is 134 cm³/mol. The van der Waals surface area contributed by atoms with Crippen LogP contribution in [0.1, 0.15) is 70.3 Å². The van der Waals surface area contributed by atoms with Crippen molar-refractivity contribution >= 4 is 22.7 Å². The van der Waals surface area contributed by atoms with Crippen LogP contribution < -0.4 is 14.8 Å². The van der Waals surface area contributed by atoms with Crippen molar-refractivity contribution in [3.05, 3.63) is 23.9 Å². The molecule has 0 bridgehead atoms. The highest BCUT2D eigenvalue weighted by atomic mass is 16.5. The average molecular weight is 470 g/mol. The van der Waals surface area contributed by atoms with Gasteiger partial charge in [0.15, 0.2) is 0 Å². The molecule has 0 unspecified atom stereocenters. The molecule has 1 aliphatic heterocycles. The van der Waals surface area contributed by atoms with Crippen molar-refractivity contribution in [2.45, 2.75) is 77.9 Å². The molecule has 4 rings (SSSR count). The second-order valence-electron chi connectivity index (χ2n) is 10.6. The molecule has 1 N–H and O–H groups in total. The van der Waals surface area contributed by atoms with Crippen LogP contribution in [-0.2, 0) is 11.3 Å². The number of fused-ring (bicyclic) bond motifs is 3. The van der Waals surface area contributed by atoms with E-state index in [1.165, 1.54) is 6.42 Å². The fraction of sp³-hybridized carbons (Fsp3) is 0.630. The number of nitrogens with zero attached hydrogens (tertiary/aromatic N) is 2. The Kier molecular flexibility index (Phi) is 6.83. The van der Waals surface area contributed by atoms with Gasteiger partial charge in [0.2, 0.25) is 5.91 Å². The van der Waals surface area contributed by atoms with Gasteiger partial charge in [-0.1, -0.05) is 33.6 Å². The highest BCUT2D eigenvalue weighted by Gasteiger charge is 2.48. The summed E-state index contributed by atoms with van der Waals surface area (Å²) in [6.45, 7) is 9.31. The van der Waals surface area contributed by atoms with Crippen molar-refractivity contribution in [1.29, 1.82) is 0 Å². The van der Waals surface area contributed by atoms with Crippen molar-refractivity contribution in [1.82, 2.24) is 14.8 Å². The maximum absolute atomic E-state index is 13.9. The third-order valence-electron chi connectivity index (χ3n) is 7.79. The lowest BCUT2D eigenvalue weighted by molar-refractivity contribution is -0.134. The van der Waals surface area contributed by atoms with Gasteiger partial charge in [0.05, 0.1) is 26.3 Å². The van der Waals surface area contributed by atoms with E-state index < -0.39 is 5.54 Å². The lowest BCUT2D eigenvalue weighted by atomic mass is 9.85. The molecule has 34 heavy (non-hydrogen) atoms. The summed E-state index contributed by atoms with van der Waals surface area (Å²) >= 11 is 0. The van der Waals surface area contributed by atoms with E-state index in [9.17, 15) is 9.59 Å². The van der Waals surface area contributed by atoms with Gasteiger partial charge in [0, 0.05) is 18.0 Å². The molecule has 186 valence electrons. The molecule has 1 aromatic carbocycles. The standard InChI is InChI=1S/C27H39N3O4/c1-17(2)13-14-30-25(31)21-15-19-22(33-5)11-12-23(34-6)24(19)29(21)16-27(30,4)26(32)28-20-10-8-7-9-18(20)3/h11-12,15,17-18,20H,7-10,13-14,16H2,1-6H3,(H,28,32)/t18-,20-,27-/m1/s1. The predicted octanol–water partition coefficient (Wildman–Crippen LogP) is 4.61. The minimum Gasteiger partial charge on any atom is -0.496 e. The maximum Gasteiger partial charge on any atom is 0.271 e. The maximum atomic E-state index is 13.9. The van der Waals surface area contributed by atoms with Crippen LogP contribution in [0.25, 0.3) is 10.9 Å². The number of carbonyl (C=O) groups excluding carboxylic acids is 2. The molecule has 2 aromatic rings. The minimum atomic E-state index is -1.00. The summed E-state index contributed by atoms with van der Waals surface area (Å²) in [7, 11) is 3.24. The van der Waals surface area contributed by atoms with Crippen LogP contribution in [0.4, 0.5) is 0 Å². The first-order valence-electron chi connectivity index (χ1n) is 12.6. The van der Waals surface area contributed by atoms with E-state index in [-0.39, 0.29) is 17.9 Å². The number of nitrogens with one attached hydrogen (secondary N) is 1. The number of ether oxygens (including phenoxy) is 2. The number of amides is 2. The van der Waals surface area contributed by atoms with Gasteiger partial charge in [-0.25, -0.2) is 0 Å². The van der Waals surface area contributed by atoms with E-state index in [1.54, 1.807) is 19.1 Å². The van der Waals surface area contributed by atoms with Gasteiger partial charge in [0.25, 0.3) is 5.91 Å². The molecule has 0 spiro atoms. The largest absolute Gasteiger partial charge is 0.496 e. The highest BCUT2D eigenvalue weighted by Crippen LogP contribution is 2.40. The van der Waals surface area contributed by atoms with E-state index >= 15 is 0 Å². The van der Waals surface area contributed by atoms with Gasteiger partial charge in [-0.15, -0.1) is 0 Å². The SMILES string of the molecule is COc1ccc(OC)c2c1cc1n2C[C@](C)(C(=O)N[C@@H]2CCCC[C@H]2C)N(CCC(C)C)C1=O. The van der Waals surface area contributed by atoms with Gasteiger partial charge >= 0.3 is 0 Å². The molecule has 7 nitrogen and oxygen atoms in total. The summed E-state index contributed by atoms with van der Waals surface area (Å²) < 4.78 is 13.2. The second-order valence-corrected chi connectivity index (χ2v) is 10.6. The van der Waals surface area contributed by atoms with E-state index in [0.29, 0.717) is 42.1 Å². The van der Waals surface area contributed by atoms with Gasteiger partial charge in [-0.2, -0.15) is 0 Å². The van der Waals surface area contributed by atoms with E-state index in [1.807, 2.05) is 29.7 Å². The van der Waals surface area contributed by atoms with Crippen molar-refractivity contribution in [3.8, 4) is 11.5 Å². The number of methoxy groups -OCH3 is 2. The Morgan fingerprint density at radius 3 is 2.50 bits per heavy atom. The fourth-order valence-corrected chi connectivity index (χ4v) is 5.55. The highest BCUT2D eigenvalue weighted by molar-refractivity contribution is 6.05. The molecule has 0 saturated heterocycles. The normalized spacial score (nSPS) is 24.9. The Hall–Kier alpha value is -2.70. The molecule has 2 aliphatic rings. The summed E-state index contributed by atoms with van der Waals surface area (Å²) in [5.74, 6) is 2.01. The number of benzene rings is 1. The number of hydrogen-bond acceptors (Lipinski definition) is 4. The Bertz CT molecular complexity index is 1080. The van der Waals surface area contributed by atoms with Crippen LogP contribution in [0.5, 0.6) is 11.5 Å². The zero-order valence-electron chi connectivity index (χ0n) is 21.4. The molecule has 2 amide bonds. The number of rotatable bonds is 7. The third kappa shape index (κ3) is 4.14. The molecule has 7 heteroatoms. The fourth-order valence-electron chi connectivity index (χ4n) is 5.55. The Morgan fingerprint density at radius 2 is 1.85 bits per heavy atom. The van der Waals surface area contributed by atoms with E-state index in [2.05, 4.69) is 26.1 Å². The average Bonchev–Trinajstić information content (AvgIpc) is 3.19. The second kappa shape index (κ2) is 9.51. The van der Waals surface area contributed by atoms with Crippen molar-refractivity contribution < 1.29 is 19.1 Å². The zero-order chi connectivity index (χ0) is 24.6. The summed E-state index contributed by atoms with van der Waals surface area (Å²) in [5.41, 5.74) is 0.354. The lowest BCUT2D eigenvalue weighted by Gasteiger charge is -2.45. The Labute approximate surface area is 202 Å². The first-order chi connectivity index (χ1) is 16.2. The monoisotopic (exact) mass is 469 g/mol. The molecular weight excluding hydrogens is 430 g/mol. The molecule has 1 fully saturated rings. The van der Waals surface area contributed by atoms with Crippen molar-refractivity contribution in [2.75, 3.05) is 20.8 Å². The van der Waals surface area contributed by atoms with Gasteiger partial charge in [-0.05, 0) is 56.2 Å². The number of hydrogen-bond donors (Lipinski definition) is 1. The minimum absolute atomic E-state index is 0.0716. The Morgan fingerprint density at radius 1 is 1.18 bits per heavy atom. The lowest BCUT2D eigenvalue weighted by Crippen LogP contribution is -2.65. The van der Waals surface area contributed by atoms with Gasteiger partial charge < -0.3 is 24.3 Å². The first-order valence-corrected chi connectivity index (χ1v) is 12.6. The van der Waals surface area contributed by atoms with Crippen molar-refractivity contribution in [3.63, 3.8) is 0 Å². The molecule has 0 radical (unpaired) electrons. The summed E-state index contributed by atoms with van der Waals surface area (Å²) in [6.07, 6.45) is 5.30. The first kappa shape index (κ1) is 24.4. The third-order valence-corrected chi connectivity index (χ3v) is 7.79. The van der Waals surface area contributed by atoms with E-state index in [4.69, 9.17) is 9.47 Å². The Balaban J connectivity index is 1.80. The van der Waals surface area contributed by atoms with Gasteiger partial charge in [-0.3, -0.25) is 9.59 Å². The van der Waals surface area contributed by atoms with Crippen LogP contribution in [0.3, 0.4) is 0 Å². The van der Waals surface area contributed by atoms with Crippen LogP contribution in [0.2, 0.25) is 0 Å². The van der Waals surface area contributed by atoms with Crippen LogP contribution >= 0.6 is 0 Å². The van der Waals surface area contributed by atoms with Crippen LogP contribution in [0.15, 0.2) is 18.2 Å². The summed E-state index contributed by atoms with van der Waals surface area (Å²) in [4.78, 5) is 29.6. The molecule has 1 aromatic heterocycles. The summed E-state index contributed by atoms with van der Waals surface area (Å²) in [5, 5.41) is 4.16.